The molecule has 0 bridgehead atoms. The van der Waals surface area contributed by atoms with Gasteiger partial charge in [0.2, 0.25) is 0 Å². The molecule has 46 valence electrons. The van der Waals surface area contributed by atoms with Crippen LogP contribution in [-0.4, -0.2) is 10.1 Å². The largest absolute Gasteiger partial charge is 0.373 e. The molecular formula is C5H4N2OS. The molecule has 0 amide bonds. The van der Waals surface area contributed by atoms with Gasteiger partial charge in [0.05, 0.1) is 16.5 Å². The van der Waals surface area contributed by atoms with Gasteiger partial charge in [-0.2, -0.15) is 5.26 Å². The number of thiazole rings is 1. The third kappa shape index (κ3) is 1.25. The number of aliphatic hydroxyl groups is 1. The van der Waals surface area contributed by atoms with Gasteiger partial charge in [-0.1, -0.05) is 0 Å². The van der Waals surface area contributed by atoms with E-state index in [9.17, 15) is 0 Å². The summed E-state index contributed by atoms with van der Waals surface area (Å²) in [7, 11) is 0. The van der Waals surface area contributed by atoms with Crippen molar-refractivity contribution < 1.29 is 5.11 Å². The number of hydrogen-bond donors (Lipinski definition) is 1. The van der Waals surface area contributed by atoms with Crippen LogP contribution in [0.3, 0.4) is 0 Å². The Balaban J connectivity index is 2.80. The highest BCUT2D eigenvalue weighted by Gasteiger charge is 2.04. The minimum Gasteiger partial charge on any atom is -0.373 e. The molecule has 1 heterocycles. The van der Waals surface area contributed by atoms with E-state index < -0.39 is 6.10 Å². The van der Waals surface area contributed by atoms with Gasteiger partial charge in [-0.3, -0.25) is 4.98 Å². The Labute approximate surface area is 56.2 Å². The van der Waals surface area contributed by atoms with Gasteiger partial charge in [0, 0.05) is 6.20 Å². The maximum Gasteiger partial charge on any atom is 0.176 e. The summed E-state index contributed by atoms with van der Waals surface area (Å²) in [6, 6.07) is 1.69. The van der Waals surface area contributed by atoms with Crippen molar-refractivity contribution in [3.8, 4) is 6.07 Å². The van der Waals surface area contributed by atoms with E-state index in [4.69, 9.17) is 10.4 Å². The Morgan fingerprint density at radius 3 is 3.11 bits per heavy atom. The number of aliphatic hydroxyl groups excluding tert-OH is 1. The van der Waals surface area contributed by atoms with Crippen LogP contribution >= 0.6 is 11.3 Å². The molecule has 1 aromatic rings. The van der Waals surface area contributed by atoms with Crippen LogP contribution in [0.5, 0.6) is 0 Å². The third-order valence-corrected chi connectivity index (χ3v) is 1.67. The molecule has 4 heteroatoms. The van der Waals surface area contributed by atoms with Crippen LogP contribution in [0, 0.1) is 11.3 Å². The Hall–Kier alpha value is -0.920. The minimum absolute atomic E-state index is 0.595. The smallest absolute Gasteiger partial charge is 0.176 e. The first-order chi connectivity index (χ1) is 4.34. The summed E-state index contributed by atoms with van der Waals surface area (Å²) < 4.78 is 0. The molecule has 0 aliphatic heterocycles. The van der Waals surface area contributed by atoms with Crippen LogP contribution in [0.1, 0.15) is 11.0 Å². The summed E-state index contributed by atoms with van der Waals surface area (Å²) in [6.45, 7) is 0. The highest BCUT2D eigenvalue weighted by atomic mass is 32.1. The van der Waals surface area contributed by atoms with Crippen LogP contribution in [0.2, 0.25) is 0 Å². The predicted molar refractivity (Wildman–Crippen MR) is 32.7 cm³/mol. The van der Waals surface area contributed by atoms with Crippen molar-refractivity contribution in [3.05, 3.63) is 16.6 Å². The summed E-state index contributed by atoms with van der Waals surface area (Å²) in [5.74, 6) is 0. The number of aromatic nitrogens is 1. The highest BCUT2D eigenvalue weighted by molar-refractivity contribution is 7.09. The fourth-order valence-electron chi connectivity index (χ4n) is 0.424. The molecule has 0 aliphatic carbocycles. The van der Waals surface area contributed by atoms with E-state index in [2.05, 4.69) is 4.98 Å². The van der Waals surface area contributed by atoms with Crippen LogP contribution in [0.15, 0.2) is 11.7 Å². The lowest BCUT2D eigenvalue weighted by Crippen LogP contribution is -1.87. The zero-order valence-electron chi connectivity index (χ0n) is 4.48. The molecule has 0 saturated heterocycles. The van der Waals surface area contributed by atoms with Crippen molar-refractivity contribution in [1.82, 2.24) is 4.98 Å². The van der Waals surface area contributed by atoms with E-state index in [0.717, 1.165) is 0 Å². The summed E-state index contributed by atoms with van der Waals surface area (Å²) >= 11 is 1.27. The SMILES string of the molecule is N#CC(O)c1cncs1. The first kappa shape index (κ1) is 6.20. The zero-order valence-corrected chi connectivity index (χ0v) is 5.30. The van der Waals surface area contributed by atoms with Gasteiger partial charge in [0.1, 0.15) is 0 Å². The van der Waals surface area contributed by atoms with Crippen molar-refractivity contribution in [2.45, 2.75) is 6.10 Å². The molecule has 0 spiro atoms. The van der Waals surface area contributed by atoms with E-state index in [1.807, 2.05) is 0 Å². The number of nitriles is 1. The maximum atomic E-state index is 8.83. The standard InChI is InChI=1S/C5H4N2OS/c6-1-4(8)5-2-7-3-9-5/h2-4,8H. The van der Waals surface area contributed by atoms with Crippen molar-refractivity contribution in [2.75, 3.05) is 0 Å². The molecule has 0 saturated carbocycles. The van der Waals surface area contributed by atoms with Crippen molar-refractivity contribution in [1.29, 1.82) is 5.26 Å². The Morgan fingerprint density at radius 2 is 2.67 bits per heavy atom. The monoisotopic (exact) mass is 140 g/mol. The Bertz CT molecular complexity index is 213. The molecule has 1 rings (SSSR count). The number of nitrogens with zero attached hydrogens (tertiary/aromatic N) is 2. The number of rotatable bonds is 1. The molecule has 0 fully saturated rings. The van der Waals surface area contributed by atoms with Gasteiger partial charge in [-0.05, 0) is 0 Å². The van der Waals surface area contributed by atoms with Crippen LogP contribution in [-0.2, 0) is 0 Å². The predicted octanol–water partition coefficient (Wildman–Crippen LogP) is 0.700. The molecule has 0 aromatic carbocycles. The molecule has 1 aromatic heterocycles. The van der Waals surface area contributed by atoms with Crippen LogP contribution < -0.4 is 0 Å². The van der Waals surface area contributed by atoms with Gasteiger partial charge in [0.15, 0.2) is 6.10 Å². The highest BCUT2D eigenvalue weighted by Crippen LogP contribution is 2.14. The van der Waals surface area contributed by atoms with E-state index >= 15 is 0 Å². The second kappa shape index (κ2) is 2.58. The molecule has 1 atom stereocenters. The van der Waals surface area contributed by atoms with Crippen molar-refractivity contribution in [3.63, 3.8) is 0 Å². The average Bonchev–Trinajstić information content (AvgIpc) is 2.37. The lowest BCUT2D eigenvalue weighted by molar-refractivity contribution is 0.239. The van der Waals surface area contributed by atoms with Gasteiger partial charge >= 0.3 is 0 Å². The second-order valence-corrected chi connectivity index (χ2v) is 2.35. The first-order valence-corrected chi connectivity index (χ1v) is 3.18. The van der Waals surface area contributed by atoms with Crippen molar-refractivity contribution in [2.24, 2.45) is 0 Å². The third-order valence-electron chi connectivity index (χ3n) is 0.843. The van der Waals surface area contributed by atoms with E-state index in [1.54, 1.807) is 11.6 Å². The second-order valence-electron chi connectivity index (χ2n) is 1.44. The summed E-state index contributed by atoms with van der Waals surface area (Å²) in [5.41, 5.74) is 1.58. The summed E-state index contributed by atoms with van der Waals surface area (Å²) in [5, 5.41) is 17.0. The lowest BCUT2D eigenvalue weighted by atomic mass is 10.3. The van der Waals surface area contributed by atoms with E-state index in [0.29, 0.717) is 4.88 Å². The molecule has 1 unspecified atom stereocenters. The fraction of sp³-hybridized carbons (Fsp3) is 0.200. The maximum absolute atomic E-state index is 8.83. The molecule has 9 heavy (non-hydrogen) atoms. The van der Waals surface area contributed by atoms with E-state index in [-0.39, 0.29) is 0 Å². The Morgan fingerprint density at radius 1 is 1.89 bits per heavy atom. The lowest BCUT2D eigenvalue weighted by Gasteiger charge is -1.90. The van der Waals surface area contributed by atoms with Crippen LogP contribution in [0.4, 0.5) is 0 Å². The quantitative estimate of drug-likeness (QED) is 0.584. The Kier molecular flexibility index (Phi) is 1.78. The minimum atomic E-state index is -1.00. The number of hydrogen-bond acceptors (Lipinski definition) is 4. The molecular weight excluding hydrogens is 136 g/mol. The topological polar surface area (TPSA) is 56.9 Å². The van der Waals surface area contributed by atoms with Gasteiger partial charge < -0.3 is 5.11 Å². The molecule has 3 nitrogen and oxygen atoms in total. The normalized spacial score (nSPS) is 12.4. The molecule has 1 N–H and O–H groups in total. The van der Waals surface area contributed by atoms with Crippen LogP contribution in [0.25, 0.3) is 0 Å². The van der Waals surface area contributed by atoms with Crippen molar-refractivity contribution >= 4 is 11.3 Å². The fourth-order valence-corrected chi connectivity index (χ4v) is 0.971. The summed E-state index contributed by atoms with van der Waals surface area (Å²) in [6.07, 6.45) is 0.482. The van der Waals surface area contributed by atoms with Gasteiger partial charge in [0.25, 0.3) is 0 Å². The first-order valence-electron chi connectivity index (χ1n) is 2.30. The van der Waals surface area contributed by atoms with E-state index in [1.165, 1.54) is 17.5 Å². The molecule has 0 radical (unpaired) electrons. The zero-order chi connectivity index (χ0) is 6.69. The van der Waals surface area contributed by atoms with Gasteiger partial charge in [-0.25, -0.2) is 0 Å². The summed E-state index contributed by atoms with van der Waals surface area (Å²) in [4.78, 5) is 4.29. The molecule has 0 aliphatic rings. The van der Waals surface area contributed by atoms with Gasteiger partial charge in [-0.15, -0.1) is 11.3 Å². The average molecular weight is 140 g/mol.